The number of phenols is 1. The monoisotopic (exact) mass is 273 g/mol. The normalized spacial score (nSPS) is 10.8. The highest BCUT2D eigenvalue weighted by molar-refractivity contribution is 6.30. The maximum Gasteiger partial charge on any atom is 0.132 e. The highest BCUT2D eigenvalue weighted by Gasteiger charge is 2.07. The summed E-state index contributed by atoms with van der Waals surface area (Å²) >= 11 is 5.73. The number of nitrogens with zero attached hydrogens (tertiary/aromatic N) is 1. The number of rotatable bonds is 1. The summed E-state index contributed by atoms with van der Waals surface area (Å²) in [5.74, 6) is -0.224. The average molecular weight is 274 g/mol. The number of aromatic hydroxyl groups is 1. The van der Waals surface area contributed by atoms with Gasteiger partial charge in [-0.2, -0.15) is 0 Å². The minimum Gasteiger partial charge on any atom is -0.508 e. The van der Waals surface area contributed by atoms with Crippen molar-refractivity contribution in [1.82, 2.24) is 4.98 Å². The fraction of sp³-hybridized carbons (Fsp3) is 0. The lowest BCUT2D eigenvalue weighted by Gasteiger charge is -2.05. The van der Waals surface area contributed by atoms with Crippen molar-refractivity contribution in [3.8, 4) is 16.9 Å². The first kappa shape index (κ1) is 11.9. The van der Waals surface area contributed by atoms with Gasteiger partial charge >= 0.3 is 0 Å². The Morgan fingerprint density at radius 2 is 1.89 bits per heavy atom. The van der Waals surface area contributed by atoms with Gasteiger partial charge in [0.05, 0.1) is 5.52 Å². The Morgan fingerprint density at radius 3 is 2.68 bits per heavy atom. The number of hydrogen-bond donors (Lipinski definition) is 1. The van der Waals surface area contributed by atoms with Crippen molar-refractivity contribution in [2.24, 2.45) is 0 Å². The molecular weight excluding hydrogens is 265 g/mol. The Labute approximate surface area is 114 Å². The third-order valence-corrected chi connectivity index (χ3v) is 3.14. The first-order valence-electron chi connectivity index (χ1n) is 5.68. The summed E-state index contributed by atoms with van der Waals surface area (Å²) in [6, 6.07) is 11.3. The second-order valence-corrected chi connectivity index (χ2v) is 4.66. The quantitative estimate of drug-likeness (QED) is 0.713. The zero-order chi connectivity index (χ0) is 13.4. The molecular formula is C15H9ClFNO. The van der Waals surface area contributed by atoms with E-state index in [1.54, 1.807) is 36.5 Å². The van der Waals surface area contributed by atoms with Crippen LogP contribution in [-0.4, -0.2) is 10.1 Å². The van der Waals surface area contributed by atoms with Gasteiger partial charge in [0.15, 0.2) is 0 Å². The highest BCUT2D eigenvalue weighted by Crippen LogP contribution is 2.28. The van der Waals surface area contributed by atoms with Crippen LogP contribution in [0.5, 0.6) is 5.75 Å². The molecule has 1 N–H and O–H groups in total. The van der Waals surface area contributed by atoms with Crippen LogP contribution in [0.3, 0.4) is 0 Å². The minimum absolute atomic E-state index is 0.158. The average Bonchev–Trinajstić information content (AvgIpc) is 2.38. The standard InChI is InChI=1S/C15H9ClFNO/c16-11-2-4-13(14(17)6-11)10-5-9-1-3-12(19)7-15(9)18-8-10/h1-8,19H. The Balaban J connectivity index is 2.17. The predicted molar refractivity (Wildman–Crippen MR) is 73.8 cm³/mol. The fourth-order valence-electron chi connectivity index (χ4n) is 1.98. The topological polar surface area (TPSA) is 33.1 Å². The second kappa shape index (κ2) is 4.52. The highest BCUT2D eigenvalue weighted by atomic mass is 35.5. The number of phenolic OH excluding ortho intramolecular Hbond substituents is 1. The van der Waals surface area contributed by atoms with Crippen LogP contribution in [0, 0.1) is 5.82 Å². The van der Waals surface area contributed by atoms with Crippen molar-refractivity contribution in [2.45, 2.75) is 0 Å². The van der Waals surface area contributed by atoms with Crippen LogP contribution in [0.1, 0.15) is 0 Å². The molecule has 1 aromatic heterocycles. The molecule has 0 radical (unpaired) electrons. The smallest absolute Gasteiger partial charge is 0.132 e. The van der Waals surface area contributed by atoms with E-state index in [0.717, 1.165) is 5.39 Å². The van der Waals surface area contributed by atoms with Crippen molar-refractivity contribution in [1.29, 1.82) is 0 Å². The van der Waals surface area contributed by atoms with Crippen molar-refractivity contribution in [2.75, 3.05) is 0 Å². The summed E-state index contributed by atoms with van der Waals surface area (Å²) in [6.45, 7) is 0. The van der Waals surface area contributed by atoms with Crippen LogP contribution < -0.4 is 0 Å². The van der Waals surface area contributed by atoms with Gasteiger partial charge in [-0.25, -0.2) is 4.39 Å². The Morgan fingerprint density at radius 1 is 1.05 bits per heavy atom. The van der Waals surface area contributed by atoms with Gasteiger partial charge < -0.3 is 5.11 Å². The molecule has 94 valence electrons. The zero-order valence-electron chi connectivity index (χ0n) is 9.77. The van der Waals surface area contributed by atoms with E-state index in [0.29, 0.717) is 21.7 Å². The summed E-state index contributed by atoms with van der Waals surface area (Å²) in [6.07, 6.45) is 1.58. The summed E-state index contributed by atoms with van der Waals surface area (Å²) in [5.41, 5.74) is 1.79. The number of benzene rings is 2. The minimum atomic E-state index is -0.382. The largest absolute Gasteiger partial charge is 0.508 e. The molecule has 4 heteroatoms. The lowest BCUT2D eigenvalue weighted by Crippen LogP contribution is -1.87. The van der Waals surface area contributed by atoms with E-state index in [1.807, 2.05) is 6.07 Å². The Hall–Kier alpha value is -2.13. The maximum absolute atomic E-state index is 13.8. The van der Waals surface area contributed by atoms with E-state index < -0.39 is 0 Å². The van der Waals surface area contributed by atoms with Crippen LogP contribution in [0.4, 0.5) is 4.39 Å². The van der Waals surface area contributed by atoms with Crippen molar-refractivity contribution in [3.05, 3.63) is 59.5 Å². The molecule has 0 aliphatic rings. The van der Waals surface area contributed by atoms with Crippen LogP contribution in [0.25, 0.3) is 22.0 Å². The molecule has 1 heterocycles. The van der Waals surface area contributed by atoms with Gasteiger partial charge in [0.1, 0.15) is 11.6 Å². The summed E-state index contributed by atoms with van der Waals surface area (Å²) in [7, 11) is 0. The van der Waals surface area contributed by atoms with E-state index >= 15 is 0 Å². The third kappa shape index (κ3) is 2.25. The first-order valence-corrected chi connectivity index (χ1v) is 6.05. The number of pyridine rings is 1. The predicted octanol–water partition coefficient (Wildman–Crippen LogP) is 4.40. The van der Waals surface area contributed by atoms with E-state index in [2.05, 4.69) is 4.98 Å². The van der Waals surface area contributed by atoms with Gasteiger partial charge in [-0.1, -0.05) is 11.6 Å². The molecule has 0 fully saturated rings. The summed E-state index contributed by atoms with van der Waals surface area (Å²) in [5, 5.41) is 10.6. The van der Waals surface area contributed by atoms with Gasteiger partial charge in [0.2, 0.25) is 0 Å². The van der Waals surface area contributed by atoms with Gasteiger partial charge in [0.25, 0.3) is 0 Å². The molecule has 0 amide bonds. The van der Waals surface area contributed by atoms with Crippen LogP contribution in [0.2, 0.25) is 5.02 Å². The molecule has 2 aromatic carbocycles. The molecule has 0 saturated carbocycles. The van der Waals surface area contributed by atoms with Crippen molar-refractivity contribution >= 4 is 22.5 Å². The molecule has 0 bridgehead atoms. The van der Waals surface area contributed by atoms with Crippen molar-refractivity contribution in [3.63, 3.8) is 0 Å². The zero-order valence-corrected chi connectivity index (χ0v) is 10.5. The molecule has 0 unspecified atom stereocenters. The van der Waals surface area contributed by atoms with Crippen LogP contribution >= 0.6 is 11.6 Å². The molecule has 3 aromatic rings. The number of aromatic nitrogens is 1. The number of halogens is 2. The Kier molecular flexibility index (Phi) is 2.84. The molecule has 0 spiro atoms. The molecule has 0 atom stereocenters. The van der Waals surface area contributed by atoms with Crippen molar-refractivity contribution < 1.29 is 9.50 Å². The fourth-order valence-corrected chi connectivity index (χ4v) is 2.14. The number of hydrogen-bond acceptors (Lipinski definition) is 2. The lowest BCUT2D eigenvalue weighted by atomic mass is 10.0. The van der Waals surface area contributed by atoms with Gasteiger partial charge in [-0.05, 0) is 36.4 Å². The molecule has 0 aliphatic heterocycles. The molecule has 19 heavy (non-hydrogen) atoms. The molecule has 3 rings (SSSR count). The summed E-state index contributed by atoms with van der Waals surface area (Å²) in [4.78, 5) is 4.22. The molecule has 0 aliphatic carbocycles. The Bertz CT molecular complexity index is 773. The third-order valence-electron chi connectivity index (χ3n) is 2.91. The van der Waals surface area contributed by atoms with E-state index in [-0.39, 0.29) is 11.6 Å². The molecule has 0 saturated heterocycles. The molecule has 2 nitrogen and oxygen atoms in total. The number of fused-ring (bicyclic) bond motifs is 1. The van der Waals surface area contributed by atoms with E-state index in [1.165, 1.54) is 6.07 Å². The van der Waals surface area contributed by atoms with Crippen LogP contribution in [0.15, 0.2) is 48.7 Å². The van der Waals surface area contributed by atoms with E-state index in [4.69, 9.17) is 11.6 Å². The van der Waals surface area contributed by atoms with E-state index in [9.17, 15) is 9.50 Å². The van der Waals surface area contributed by atoms with Gasteiger partial charge in [-0.3, -0.25) is 4.98 Å². The second-order valence-electron chi connectivity index (χ2n) is 4.23. The van der Waals surface area contributed by atoms with Gasteiger partial charge in [0, 0.05) is 33.8 Å². The maximum atomic E-state index is 13.8. The lowest BCUT2D eigenvalue weighted by molar-refractivity contribution is 0.476. The van der Waals surface area contributed by atoms with Gasteiger partial charge in [-0.15, -0.1) is 0 Å². The SMILES string of the molecule is Oc1ccc2cc(-c3ccc(Cl)cc3F)cnc2c1. The summed E-state index contributed by atoms with van der Waals surface area (Å²) < 4.78 is 13.8. The van der Waals surface area contributed by atoms with Crippen LogP contribution in [-0.2, 0) is 0 Å². The first-order chi connectivity index (χ1) is 9.13.